The van der Waals surface area contributed by atoms with Gasteiger partial charge in [-0.05, 0) is 18.6 Å². The van der Waals surface area contributed by atoms with Crippen LogP contribution in [-0.2, 0) is 6.61 Å². The van der Waals surface area contributed by atoms with Crippen molar-refractivity contribution in [2.75, 3.05) is 20.3 Å². The molecular formula is C15H18ClN3O4. The number of methoxy groups -OCH3 is 1. The lowest BCUT2D eigenvalue weighted by atomic mass is 10.0. The lowest BCUT2D eigenvalue weighted by Gasteiger charge is -2.10. The van der Waals surface area contributed by atoms with E-state index in [9.17, 15) is 9.90 Å². The largest absolute Gasteiger partial charge is 0.494 e. The van der Waals surface area contributed by atoms with E-state index in [0.29, 0.717) is 28.1 Å². The first-order chi connectivity index (χ1) is 11.0. The van der Waals surface area contributed by atoms with Crippen LogP contribution in [-0.4, -0.2) is 46.3 Å². The van der Waals surface area contributed by atoms with E-state index in [2.05, 4.69) is 15.3 Å². The standard InChI is InChI=1S/C15H18ClN3O4/c1-8-12(10-5-11(16)18-6-9(10)7-21)14(23-2)13(19-8)15(22)17-3-4-20/h5-6,19-21H,3-4,7H2,1-2H3,(H,17,22). The maximum absolute atomic E-state index is 12.2. The predicted molar refractivity (Wildman–Crippen MR) is 85.7 cm³/mol. The van der Waals surface area contributed by atoms with Crippen molar-refractivity contribution in [1.29, 1.82) is 0 Å². The first-order valence-electron chi connectivity index (χ1n) is 6.94. The van der Waals surface area contributed by atoms with Gasteiger partial charge in [0.15, 0.2) is 5.75 Å². The van der Waals surface area contributed by atoms with E-state index in [1.165, 1.54) is 13.3 Å². The summed E-state index contributed by atoms with van der Waals surface area (Å²) < 4.78 is 5.39. The van der Waals surface area contributed by atoms with Gasteiger partial charge in [-0.15, -0.1) is 0 Å². The molecule has 0 bridgehead atoms. The Morgan fingerprint density at radius 2 is 2.22 bits per heavy atom. The number of rotatable bonds is 6. The molecule has 124 valence electrons. The van der Waals surface area contributed by atoms with E-state index in [4.69, 9.17) is 21.4 Å². The summed E-state index contributed by atoms with van der Waals surface area (Å²) in [6.07, 6.45) is 1.48. The van der Waals surface area contributed by atoms with Gasteiger partial charge >= 0.3 is 0 Å². The second kappa shape index (κ2) is 7.45. The minimum atomic E-state index is -0.393. The number of halogens is 1. The second-order valence-corrected chi connectivity index (χ2v) is 5.22. The third-order valence-electron chi connectivity index (χ3n) is 3.36. The van der Waals surface area contributed by atoms with E-state index < -0.39 is 5.91 Å². The molecule has 0 unspecified atom stereocenters. The number of H-pyrrole nitrogens is 1. The fraction of sp³-hybridized carbons (Fsp3) is 0.333. The zero-order chi connectivity index (χ0) is 17.0. The van der Waals surface area contributed by atoms with Crippen LogP contribution in [0, 0.1) is 6.92 Å². The zero-order valence-electron chi connectivity index (χ0n) is 12.8. The molecule has 23 heavy (non-hydrogen) atoms. The molecule has 7 nitrogen and oxygen atoms in total. The summed E-state index contributed by atoms with van der Waals surface area (Å²) in [7, 11) is 1.45. The Morgan fingerprint density at radius 3 is 2.83 bits per heavy atom. The third kappa shape index (κ3) is 3.47. The molecule has 0 aromatic carbocycles. The number of ether oxygens (including phenoxy) is 1. The topological polar surface area (TPSA) is 107 Å². The zero-order valence-corrected chi connectivity index (χ0v) is 13.6. The van der Waals surface area contributed by atoms with Gasteiger partial charge in [0, 0.05) is 29.6 Å². The van der Waals surface area contributed by atoms with Gasteiger partial charge < -0.3 is 25.3 Å². The molecule has 4 N–H and O–H groups in total. The minimum absolute atomic E-state index is 0.137. The van der Waals surface area contributed by atoms with Crippen molar-refractivity contribution in [2.24, 2.45) is 0 Å². The number of nitrogens with zero attached hydrogens (tertiary/aromatic N) is 1. The maximum Gasteiger partial charge on any atom is 0.271 e. The van der Waals surface area contributed by atoms with Crippen LogP contribution in [0.2, 0.25) is 5.15 Å². The SMILES string of the molecule is COc1c(C(=O)NCCO)[nH]c(C)c1-c1cc(Cl)ncc1CO. The van der Waals surface area contributed by atoms with Crippen molar-refractivity contribution in [3.63, 3.8) is 0 Å². The summed E-state index contributed by atoms with van der Waals surface area (Å²) in [6, 6.07) is 1.61. The third-order valence-corrected chi connectivity index (χ3v) is 3.57. The fourth-order valence-corrected chi connectivity index (χ4v) is 2.52. The fourth-order valence-electron chi connectivity index (χ4n) is 2.37. The van der Waals surface area contributed by atoms with Crippen molar-refractivity contribution in [2.45, 2.75) is 13.5 Å². The highest BCUT2D eigenvalue weighted by Crippen LogP contribution is 2.38. The van der Waals surface area contributed by atoms with Crippen molar-refractivity contribution in [3.05, 3.63) is 34.4 Å². The Bertz CT molecular complexity index is 715. The van der Waals surface area contributed by atoms with Gasteiger partial charge in [-0.2, -0.15) is 0 Å². The number of aliphatic hydroxyl groups is 2. The summed E-state index contributed by atoms with van der Waals surface area (Å²) in [6.45, 7) is 1.54. The average molecular weight is 340 g/mol. The van der Waals surface area contributed by atoms with E-state index >= 15 is 0 Å². The lowest BCUT2D eigenvalue weighted by molar-refractivity contribution is 0.0937. The van der Waals surface area contributed by atoms with Gasteiger partial charge in [-0.1, -0.05) is 11.6 Å². The predicted octanol–water partition coefficient (Wildman–Crippen LogP) is 1.26. The molecule has 2 aromatic rings. The molecule has 2 heterocycles. The van der Waals surface area contributed by atoms with Crippen molar-refractivity contribution in [3.8, 4) is 16.9 Å². The number of nitrogens with one attached hydrogen (secondary N) is 2. The molecule has 0 saturated heterocycles. The smallest absolute Gasteiger partial charge is 0.271 e. The van der Waals surface area contributed by atoms with Crippen LogP contribution in [0.25, 0.3) is 11.1 Å². The molecule has 2 aromatic heterocycles. The molecule has 0 aliphatic heterocycles. The van der Waals surface area contributed by atoms with E-state index in [1.807, 2.05) is 0 Å². The first kappa shape index (κ1) is 17.3. The molecule has 1 amide bonds. The van der Waals surface area contributed by atoms with Crippen LogP contribution < -0.4 is 10.1 Å². The number of amides is 1. The summed E-state index contributed by atoms with van der Waals surface area (Å²) in [5.41, 5.74) is 2.77. The number of aromatic amines is 1. The number of hydrogen-bond donors (Lipinski definition) is 4. The van der Waals surface area contributed by atoms with Crippen LogP contribution in [0.15, 0.2) is 12.3 Å². The molecule has 0 aliphatic rings. The number of pyridine rings is 1. The first-order valence-corrected chi connectivity index (χ1v) is 7.32. The molecule has 0 atom stereocenters. The lowest BCUT2D eigenvalue weighted by Crippen LogP contribution is -2.27. The van der Waals surface area contributed by atoms with E-state index in [-0.39, 0.29) is 30.6 Å². The summed E-state index contributed by atoms with van der Waals surface area (Å²) >= 11 is 5.96. The van der Waals surface area contributed by atoms with Crippen LogP contribution in [0.4, 0.5) is 0 Å². The van der Waals surface area contributed by atoms with Crippen LogP contribution in [0.5, 0.6) is 5.75 Å². The van der Waals surface area contributed by atoms with Gasteiger partial charge in [-0.25, -0.2) is 4.98 Å². The minimum Gasteiger partial charge on any atom is -0.494 e. The molecule has 0 radical (unpaired) electrons. The van der Waals surface area contributed by atoms with Crippen molar-refractivity contribution >= 4 is 17.5 Å². The van der Waals surface area contributed by atoms with E-state index in [1.54, 1.807) is 13.0 Å². The van der Waals surface area contributed by atoms with Crippen molar-refractivity contribution in [1.82, 2.24) is 15.3 Å². The highest BCUT2D eigenvalue weighted by atomic mass is 35.5. The molecule has 0 saturated carbocycles. The molecule has 0 fully saturated rings. The summed E-state index contributed by atoms with van der Waals surface area (Å²) in [4.78, 5) is 19.1. The Balaban J connectivity index is 2.58. The number of aromatic nitrogens is 2. The van der Waals surface area contributed by atoms with Gasteiger partial charge in [0.05, 0.1) is 20.3 Å². The maximum atomic E-state index is 12.2. The normalized spacial score (nSPS) is 10.7. The molecule has 8 heteroatoms. The van der Waals surface area contributed by atoms with Gasteiger partial charge in [0.1, 0.15) is 10.8 Å². The average Bonchev–Trinajstić information content (AvgIpc) is 2.88. The number of aryl methyl sites for hydroxylation is 1. The van der Waals surface area contributed by atoms with Gasteiger partial charge in [0.25, 0.3) is 5.91 Å². The Kier molecular flexibility index (Phi) is 5.59. The quantitative estimate of drug-likeness (QED) is 0.593. The molecule has 2 rings (SSSR count). The molecule has 0 aliphatic carbocycles. The van der Waals surface area contributed by atoms with Gasteiger partial charge in [0.2, 0.25) is 0 Å². The molecular weight excluding hydrogens is 322 g/mol. The van der Waals surface area contributed by atoms with Crippen molar-refractivity contribution < 1.29 is 19.7 Å². The summed E-state index contributed by atoms with van der Waals surface area (Å²) in [5.74, 6) is -0.0501. The van der Waals surface area contributed by atoms with Crippen LogP contribution in [0.1, 0.15) is 21.7 Å². The second-order valence-electron chi connectivity index (χ2n) is 4.84. The Hall–Kier alpha value is -2.09. The Labute approximate surface area is 138 Å². The van der Waals surface area contributed by atoms with Gasteiger partial charge in [-0.3, -0.25) is 4.79 Å². The molecule has 0 spiro atoms. The number of carbonyl (C=O) groups is 1. The number of aliphatic hydroxyl groups excluding tert-OH is 2. The highest BCUT2D eigenvalue weighted by molar-refractivity contribution is 6.29. The van der Waals surface area contributed by atoms with E-state index in [0.717, 1.165) is 0 Å². The monoisotopic (exact) mass is 339 g/mol. The Morgan fingerprint density at radius 1 is 1.48 bits per heavy atom. The van der Waals surface area contributed by atoms with Crippen LogP contribution in [0.3, 0.4) is 0 Å². The highest BCUT2D eigenvalue weighted by Gasteiger charge is 2.24. The number of hydrogen-bond acceptors (Lipinski definition) is 5. The number of carbonyl (C=O) groups excluding carboxylic acids is 1. The summed E-state index contributed by atoms with van der Waals surface area (Å²) in [5, 5.41) is 21.2. The van der Waals surface area contributed by atoms with Crippen LogP contribution >= 0.6 is 11.6 Å².